The molecule has 1 aliphatic rings. The molecule has 0 spiro atoms. The van der Waals surface area contributed by atoms with Crippen LogP contribution in [0.1, 0.15) is 40.8 Å². The van der Waals surface area contributed by atoms with Crippen molar-refractivity contribution in [2.75, 3.05) is 13.1 Å². The summed E-state index contributed by atoms with van der Waals surface area (Å²) < 4.78 is 0. The number of aromatic nitrogens is 2. The number of aromatic amines is 1. The SMILES string of the molecule is Cc1cc(C)c(CNC(=O)N2CCC(O)(c3ccn[nH]3)CC2)c(C)c1. The predicted octanol–water partition coefficient (Wildman–Crippen LogP) is 2.53. The summed E-state index contributed by atoms with van der Waals surface area (Å²) in [5, 5.41) is 20.5. The van der Waals surface area contributed by atoms with E-state index in [4.69, 9.17) is 0 Å². The fourth-order valence-corrected chi connectivity index (χ4v) is 3.63. The first-order chi connectivity index (χ1) is 11.9. The van der Waals surface area contributed by atoms with Crippen LogP contribution in [0.25, 0.3) is 0 Å². The molecule has 1 fully saturated rings. The lowest BCUT2D eigenvalue weighted by Gasteiger charge is -2.37. The molecule has 1 aliphatic heterocycles. The fraction of sp³-hybridized carbons (Fsp3) is 0.474. The zero-order valence-electron chi connectivity index (χ0n) is 15.1. The van der Waals surface area contributed by atoms with Gasteiger partial charge in [-0.1, -0.05) is 17.7 Å². The van der Waals surface area contributed by atoms with Gasteiger partial charge in [-0.2, -0.15) is 5.10 Å². The highest BCUT2D eigenvalue weighted by Gasteiger charge is 2.36. The minimum absolute atomic E-state index is 0.0777. The van der Waals surface area contributed by atoms with Gasteiger partial charge >= 0.3 is 6.03 Å². The van der Waals surface area contributed by atoms with E-state index in [-0.39, 0.29) is 6.03 Å². The molecule has 6 nitrogen and oxygen atoms in total. The van der Waals surface area contributed by atoms with Gasteiger partial charge in [0.05, 0.1) is 5.69 Å². The van der Waals surface area contributed by atoms with Gasteiger partial charge in [-0.3, -0.25) is 5.10 Å². The van der Waals surface area contributed by atoms with Crippen molar-refractivity contribution >= 4 is 6.03 Å². The second-order valence-corrected chi connectivity index (χ2v) is 7.02. The molecule has 134 valence electrons. The summed E-state index contributed by atoms with van der Waals surface area (Å²) in [6.45, 7) is 7.80. The third-order valence-electron chi connectivity index (χ3n) is 5.14. The van der Waals surface area contributed by atoms with Gasteiger partial charge in [0, 0.05) is 25.8 Å². The second-order valence-electron chi connectivity index (χ2n) is 7.02. The van der Waals surface area contributed by atoms with Crippen molar-refractivity contribution < 1.29 is 9.90 Å². The maximum atomic E-state index is 12.5. The number of hydrogen-bond donors (Lipinski definition) is 3. The normalized spacial score (nSPS) is 16.7. The highest BCUT2D eigenvalue weighted by Crippen LogP contribution is 2.31. The zero-order chi connectivity index (χ0) is 18.0. The Labute approximate surface area is 148 Å². The molecular weight excluding hydrogens is 316 g/mol. The summed E-state index contributed by atoms with van der Waals surface area (Å²) in [5.41, 5.74) is 4.61. The molecule has 2 aromatic rings. The standard InChI is InChI=1S/C19H26N4O2/c1-13-10-14(2)16(15(3)11-13)12-20-18(24)23-8-5-19(25,6-9-23)17-4-7-21-22-17/h4,7,10-11,25H,5-6,8-9,12H2,1-3H3,(H,20,24)(H,21,22). The molecule has 1 saturated heterocycles. The lowest BCUT2D eigenvalue weighted by Crippen LogP contribution is -2.48. The molecule has 0 aliphatic carbocycles. The molecule has 1 aromatic heterocycles. The number of aryl methyl sites for hydroxylation is 3. The molecule has 0 atom stereocenters. The van der Waals surface area contributed by atoms with Gasteiger partial charge < -0.3 is 15.3 Å². The molecule has 6 heteroatoms. The van der Waals surface area contributed by atoms with Crippen molar-refractivity contribution in [3.8, 4) is 0 Å². The number of piperidine rings is 1. The first-order valence-corrected chi connectivity index (χ1v) is 8.71. The number of hydrogen-bond acceptors (Lipinski definition) is 3. The summed E-state index contributed by atoms with van der Waals surface area (Å²) in [6.07, 6.45) is 2.65. The van der Waals surface area contributed by atoms with Crippen LogP contribution in [0.15, 0.2) is 24.4 Å². The molecule has 2 heterocycles. The smallest absolute Gasteiger partial charge is 0.317 e. The van der Waals surface area contributed by atoms with Gasteiger partial charge in [-0.25, -0.2) is 4.79 Å². The number of likely N-dealkylation sites (tertiary alicyclic amines) is 1. The number of benzene rings is 1. The molecule has 1 aromatic carbocycles. The zero-order valence-corrected chi connectivity index (χ0v) is 15.1. The summed E-state index contributed by atoms with van der Waals surface area (Å²) in [5.74, 6) is 0. The monoisotopic (exact) mass is 342 g/mol. The van der Waals surface area contributed by atoms with E-state index in [1.807, 2.05) is 0 Å². The highest BCUT2D eigenvalue weighted by molar-refractivity contribution is 5.74. The summed E-state index contributed by atoms with van der Waals surface area (Å²) in [4.78, 5) is 14.2. The minimum Gasteiger partial charge on any atom is -0.383 e. The van der Waals surface area contributed by atoms with Crippen LogP contribution in [0.4, 0.5) is 4.79 Å². The number of carbonyl (C=O) groups excluding carboxylic acids is 1. The van der Waals surface area contributed by atoms with E-state index in [0.717, 1.165) is 5.69 Å². The van der Waals surface area contributed by atoms with Gasteiger partial charge in [-0.15, -0.1) is 0 Å². The Balaban J connectivity index is 1.57. The van der Waals surface area contributed by atoms with Crippen LogP contribution < -0.4 is 5.32 Å². The van der Waals surface area contributed by atoms with E-state index < -0.39 is 5.60 Å². The molecule has 0 unspecified atom stereocenters. The number of aliphatic hydroxyl groups is 1. The van der Waals surface area contributed by atoms with Gasteiger partial charge in [0.2, 0.25) is 0 Å². The fourth-order valence-electron chi connectivity index (χ4n) is 3.63. The van der Waals surface area contributed by atoms with Crippen LogP contribution in [-0.4, -0.2) is 39.3 Å². The van der Waals surface area contributed by atoms with E-state index in [1.165, 1.54) is 22.3 Å². The number of nitrogens with zero attached hydrogens (tertiary/aromatic N) is 2. The molecule has 3 rings (SSSR count). The van der Waals surface area contributed by atoms with Gasteiger partial charge in [0.15, 0.2) is 0 Å². The van der Waals surface area contributed by atoms with Crippen LogP contribution in [0.2, 0.25) is 0 Å². The highest BCUT2D eigenvalue weighted by atomic mass is 16.3. The Bertz CT molecular complexity index is 724. The molecule has 0 saturated carbocycles. The van der Waals surface area contributed by atoms with Gasteiger partial charge in [0.1, 0.15) is 5.60 Å². The lowest BCUT2D eigenvalue weighted by atomic mass is 9.88. The minimum atomic E-state index is -0.919. The quantitative estimate of drug-likeness (QED) is 0.802. The number of rotatable bonds is 3. The molecule has 0 radical (unpaired) electrons. The number of amides is 2. The Morgan fingerprint density at radius 3 is 2.48 bits per heavy atom. The van der Waals surface area contributed by atoms with Crippen LogP contribution in [0.5, 0.6) is 0 Å². The van der Waals surface area contributed by atoms with Crippen molar-refractivity contribution in [3.63, 3.8) is 0 Å². The summed E-state index contributed by atoms with van der Waals surface area (Å²) in [6, 6.07) is 5.99. The molecule has 3 N–H and O–H groups in total. The van der Waals surface area contributed by atoms with Crippen molar-refractivity contribution in [2.45, 2.75) is 45.8 Å². The predicted molar refractivity (Wildman–Crippen MR) is 96.2 cm³/mol. The number of nitrogens with one attached hydrogen (secondary N) is 2. The van der Waals surface area contributed by atoms with Crippen LogP contribution >= 0.6 is 0 Å². The van der Waals surface area contributed by atoms with E-state index in [2.05, 4.69) is 48.4 Å². The third kappa shape index (κ3) is 3.69. The lowest BCUT2D eigenvalue weighted by molar-refractivity contribution is -0.0204. The van der Waals surface area contributed by atoms with Crippen molar-refractivity contribution in [2.24, 2.45) is 0 Å². The molecule has 0 bridgehead atoms. The third-order valence-corrected chi connectivity index (χ3v) is 5.14. The average Bonchev–Trinajstić information content (AvgIpc) is 3.09. The first-order valence-electron chi connectivity index (χ1n) is 8.71. The second kappa shape index (κ2) is 6.88. The Morgan fingerprint density at radius 1 is 1.28 bits per heavy atom. The Morgan fingerprint density at radius 2 is 1.92 bits per heavy atom. The van der Waals surface area contributed by atoms with Gasteiger partial charge in [0.25, 0.3) is 0 Å². The molecular formula is C19H26N4O2. The van der Waals surface area contributed by atoms with Crippen molar-refractivity contribution in [1.29, 1.82) is 0 Å². The Kier molecular flexibility index (Phi) is 4.81. The van der Waals surface area contributed by atoms with Crippen molar-refractivity contribution in [1.82, 2.24) is 20.4 Å². The van der Waals surface area contributed by atoms with Crippen LogP contribution in [0.3, 0.4) is 0 Å². The van der Waals surface area contributed by atoms with Crippen LogP contribution in [-0.2, 0) is 12.1 Å². The first kappa shape index (κ1) is 17.5. The van der Waals surface area contributed by atoms with E-state index in [0.29, 0.717) is 32.5 Å². The number of H-pyrrole nitrogens is 1. The van der Waals surface area contributed by atoms with Crippen LogP contribution in [0, 0.1) is 20.8 Å². The number of carbonyl (C=O) groups is 1. The average molecular weight is 342 g/mol. The maximum Gasteiger partial charge on any atom is 0.317 e. The molecule has 2 amide bonds. The molecule has 25 heavy (non-hydrogen) atoms. The van der Waals surface area contributed by atoms with Gasteiger partial charge in [-0.05, 0) is 56.4 Å². The topological polar surface area (TPSA) is 81.2 Å². The largest absolute Gasteiger partial charge is 0.383 e. The maximum absolute atomic E-state index is 12.5. The van der Waals surface area contributed by atoms with E-state index in [9.17, 15) is 9.90 Å². The number of urea groups is 1. The Hall–Kier alpha value is -2.34. The van der Waals surface area contributed by atoms with Crippen molar-refractivity contribution in [3.05, 3.63) is 52.3 Å². The van der Waals surface area contributed by atoms with E-state index in [1.54, 1.807) is 17.2 Å². The summed E-state index contributed by atoms with van der Waals surface area (Å²) >= 11 is 0. The summed E-state index contributed by atoms with van der Waals surface area (Å²) in [7, 11) is 0. The van der Waals surface area contributed by atoms with E-state index >= 15 is 0 Å².